The van der Waals surface area contributed by atoms with Gasteiger partial charge in [-0.05, 0) is 19.8 Å². The standard InChI is InChI=1S/C10H19F3N2O2/c1-8(4-3-7-16)14-9(17)15(2)6-5-10(11,12)13/h8,16H,3-7H2,1-2H3,(H,14,17). The lowest BCUT2D eigenvalue weighted by Crippen LogP contribution is -2.43. The molecule has 0 rings (SSSR count). The molecule has 0 heterocycles. The molecule has 7 heteroatoms. The van der Waals surface area contributed by atoms with Crippen LogP contribution < -0.4 is 5.32 Å². The van der Waals surface area contributed by atoms with E-state index >= 15 is 0 Å². The van der Waals surface area contributed by atoms with Crippen LogP contribution in [0.15, 0.2) is 0 Å². The molecule has 0 aliphatic rings. The van der Waals surface area contributed by atoms with Crippen molar-refractivity contribution in [1.82, 2.24) is 10.2 Å². The number of carbonyl (C=O) groups is 1. The summed E-state index contributed by atoms with van der Waals surface area (Å²) in [5.74, 6) is 0. The Morgan fingerprint density at radius 3 is 2.53 bits per heavy atom. The van der Waals surface area contributed by atoms with Crippen LogP contribution in [0, 0.1) is 0 Å². The molecule has 0 spiro atoms. The maximum absolute atomic E-state index is 11.9. The van der Waals surface area contributed by atoms with Crippen LogP contribution in [0.3, 0.4) is 0 Å². The zero-order chi connectivity index (χ0) is 13.5. The summed E-state index contributed by atoms with van der Waals surface area (Å²) in [7, 11) is 1.32. The SMILES string of the molecule is CC(CCCO)NC(=O)N(C)CCC(F)(F)F. The molecule has 0 aliphatic heterocycles. The summed E-state index contributed by atoms with van der Waals surface area (Å²) in [5.41, 5.74) is 0. The summed E-state index contributed by atoms with van der Waals surface area (Å²) < 4.78 is 35.8. The molecule has 1 unspecified atom stereocenters. The Morgan fingerprint density at radius 1 is 1.47 bits per heavy atom. The number of amides is 2. The van der Waals surface area contributed by atoms with E-state index in [1.807, 2.05) is 0 Å². The maximum Gasteiger partial charge on any atom is 0.390 e. The number of carbonyl (C=O) groups excluding carboxylic acids is 1. The Labute approximate surface area is 98.8 Å². The van der Waals surface area contributed by atoms with Gasteiger partial charge < -0.3 is 15.3 Å². The van der Waals surface area contributed by atoms with Gasteiger partial charge in [0.2, 0.25) is 0 Å². The second kappa shape index (κ2) is 7.37. The highest BCUT2D eigenvalue weighted by Gasteiger charge is 2.28. The van der Waals surface area contributed by atoms with Crippen molar-refractivity contribution in [2.24, 2.45) is 0 Å². The Morgan fingerprint density at radius 2 is 2.06 bits per heavy atom. The van der Waals surface area contributed by atoms with Gasteiger partial charge in [0.25, 0.3) is 0 Å². The molecule has 0 radical (unpaired) electrons. The highest BCUT2D eigenvalue weighted by molar-refractivity contribution is 5.74. The molecule has 0 aromatic carbocycles. The lowest BCUT2D eigenvalue weighted by atomic mass is 10.2. The van der Waals surface area contributed by atoms with E-state index in [9.17, 15) is 18.0 Å². The quantitative estimate of drug-likeness (QED) is 0.760. The summed E-state index contributed by atoms with van der Waals surface area (Å²) >= 11 is 0. The molecule has 102 valence electrons. The fourth-order valence-electron chi connectivity index (χ4n) is 1.19. The zero-order valence-corrected chi connectivity index (χ0v) is 10.0. The van der Waals surface area contributed by atoms with Crippen LogP contribution in [0.25, 0.3) is 0 Å². The molecule has 17 heavy (non-hydrogen) atoms. The highest BCUT2D eigenvalue weighted by atomic mass is 19.4. The Bertz CT molecular complexity index is 234. The average Bonchev–Trinajstić information content (AvgIpc) is 2.21. The van der Waals surface area contributed by atoms with Gasteiger partial charge in [-0.3, -0.25) is 0 Å². The summed E-state index contributed by atoms with van der Waals surface area (Å²) in [6.07, 6.45) is -4.12. The summed E-state index contributed by atoms with van der Waals surface area (Å²) in [4.78, 5) is 12.4. The summed E-state index contributed by atoms with van der Waals surface area (Å²) in [5, 5.41) is 11.1. The summed E-state index contributed by atoms with van der Waals surface area (Å²) in [6.45, 7) is 1.41. The van der Waals surface area contributed by atoms with Crippen LogP contribution >= 0.6 is 0 Å². The van der Waals surface area contributed by atoms with E-state index in [1.54, 1.807) is 6.92 Å². The molecular formula is C10H19F3N2O2. The molecule has 4 nitrogen and oxygen atoms in total. The van der Waals surface area contributed by atoms with Gasteiger partial charge in [0, 0.05) is 26.2 Å². The number of urea groups is 1. The molecule has 0 aromatic rings. The van der Waals surface area contributed by atoms with Crippen molar-refractivity contribution in [3.05, 3.63) is 0 Å². The van der Waals surface area contributed by atoms with Crippen molar-refractivity contribution in [3.8, 4) is 0 Å². The summed E-state index contributed by atoms with van der Waals surface area (Å²) in [6, 6.07) is -0.692. The van der Waals surface area contributed by atoms with Crippen LogP contribution in [0.2, 0.25) is 0 Å². The minimum atomic E-state index is -4.25. The van der Waals surface area contributed by atoms with Gasteiger partial charge in [0.05, 0.1) is 6.42 Å². The van der Waals surface area contributed by atoms with Crippen molar-refractivity contribution in [2.45, 2.75) is 38.4 Å². The van der Waals surface area contributed by atoms with E-state index in [-0.39, 0.29) is 19.2 Å². The molecule has 2 N–H and O–H groups in total. The Hall–Kier alpha value is -0.980. The number of nitrogens with zero attached hydrogens (tertiary/aromatic N) is 1. The van der Waals surface area contributed by atoms with Crippen molar-refractivity contribution in [2.75, 3.05) is 20.2 Å². The monoisotopic (exact) mass is 256 g/mol. The Balaban J connectivity index is 3.89. The first-order valence-corrected chi connectivity index (χ1v) is 5.45. The molecule has 2 amide bonds. The van der Waals surface area contributed by atoms with Gasteiger partial charge in [-0.2, -0.15) is 13.2 Å². The highest BCUT2D eigenvalue weighted by Crippen LogP contribution is 2.19. The Kier molecular flexibility index (Phi) is 6.94. The first-order chi connectivity index (χ1) is 7.76. The van der Waals surface area contributed by atoms with Gasteiger partial charge >= 0.3 is 12.2 Å². The van der Waals surface area contributed by atoms with Crippen molar-refractivity contribution in [3.63, 3.8) is 0 Å². The fraction of sp³-hybridized carbons (Fsp3) is 0.900. The van der Waals surface area contributed by atoms with Crippen molar-refractivity contribution >= 4 is 6.03 Å². The molecule has 0 aromatic heterocycles. The zero-order valence-electron chi connectivity index (χ0n) is 10.0. The van der Waals surface area contributed by atoms with Crippen LogP contribution in [0.5, 0.6) is 0 Å². The topological polar surface area (TPSA) is 52.6 Å². The van der Waals surface area contributed by atoms with E-state index in [0.29, 0.717) is 12.8 Å². The number of hydrogen-bond donors (Lipinski definition) is 2. The van der Waals surface area contributed by atoms with Crippen LogP contribution in [0.4, 0.5) is 18.0 Å². The van der Waals surface area contributed by atoms with E-state index in [1.165, 1.54) is 7.05 Å². The van der Waals surface area contributed by atoms with Crippen molar-refractivity contribution in [1.29, 1.82) is 0 Å². The average molecular weight is 256 g/mol. The predicted molar refractivity (Wildman–Crippen MR) is 57.6 cm³/mol. The molecule has 0 saturated heterocycles. The van der Waals surface area contributed by atoms with Crippen LogP contribution in [0.1, 0.15) is 26.2 Å². The third-order valence-corrected chi connectivity index (χ3v) is 2.24. The molecule has 0 fully saturated rings. The second-order valence-electron chi connectivity index (χ2n) is 4.00. The molecular weight excluding hydrogens is 237 g/mol. The van der Waals surface area contributed by atoms with E-state index in [2.05, 4.69) is 5.32 Å². The number of aliphatic hydroxyl groups excluding tert-OH is 1. The molecule has 0 bridgehead atoms. The lowest BCUT2D eigenvalue weighted by molar-refractivity contribution is -0.136. The molecule has 1 atom stereocenters. The van der Waals surface area contributed by atoms with Gasteiger partial charge in [-0.15, -0.1) is 0 Å². The van der Waals surface area contributed by atoms with E-state index in [0.717, 1.165) is 4.90 Å². The van der Waals surface area contributed by atoms with E-state index in [4.69, 9.17) is 5.11 Å². The number of nitrogens with one attached hydrogen (secondary N) is 1. The van der Waals surface area contributed by atoms with Crippen LogP contribution in [-0.2, 0) is 0 Å². The number of alkyl halides is 3. The number of aliphatic hydroxyl groups is 1. The van der Waals surface area contributed by atoms with E-state index < -0.39 is 18.6 Å². The first kappa shape index (κ1) is 16.0. The maximum atomic E-state index is 11.9. The second-order valence-corrected chi connectivity index (χ2v) is 4.00. The van der Waals surface area contributed by atoms with Gasteiger partial charge in [-0.25, -0.2) is 4.79 Å². The normalized spacial score (nSPS) is 13.3. The number of rotatable bonds is 6. The third kappa shape index (κ3) is 8.79. The lowest BCUT2D eigenvalue weighted by Gasteiger charge is -2.21. The smallest absolute Gasteiger partial charge is 0.390 e. The largest absolute Gasteiger partial charge is 0.396 e. The van der Waals surface area contributed by atoms with Gasteiger partial charge in [0.15, 0.2) is 0 Å². The third-order valence-electron chi connectivity index (χ3n) is 2.24. The van der Waals surface area contributed by atoms with Gasteiger partial charge in [0.1, 0.15) is 0 Å². The number of hydrogen-bond acceptors (Lipinski definition) is 2. The molecule has 0 saturated carbocycles. The molecule has 0 aliphatic carbocycles. The first-order valence-electron chi connectivity index (χ1n) is 5.45. The van der Waals surface area contributed by atoms with Crippen molar-refractivity contribution < 1.29 is 23.1 Å². The minimum absolute atomic E-state index is 0.0319. The van der Waals surface area contributed by atoms with Gasteiger partial charge in [-0.1, -0.05) is 0 Å². The predicted octanol–water partition coefficient (Wildman–Crippen LogP) is 1.74. The van der Waals surface area contributed by atoms with Crippen LogP contribution in [-0.4, -0.2) is 48.5 Å². The number of halogens is 3. The fourth-order valence-corrected chi connectivity index (χ4v) is 1.19. The minimum Gasteiger partial charge on any atom is -0.396 e.